The summed E-state index contributed by atoms with van der Waals surface area (Å²) in [6.45, 7) is 8.98. The Hall–Kier alpha value is -1.35. The van der Waals surface area contributed by atoms with E-state index in [4.69, 9.17) is 0 Å². The fourth-order valence-electron chi connectivity index (χ4n) is 3.97. The van der Waals surface area contributed by atoms with E-state index in [1.165, 1.54) is 11.1 Å². The predicted octanol–water partition coefficient (Wildman–Crippen LogP) is 3.48. The molecule has 0 radical (unpaired) electrons. The maximum absolute atomic E-state index is 12.7. The Morgan fingerprint density at radius 1 is 1.39 bits per heavy atom. The van der Waals surface area contributed by atoms with Crippen LogP contribution in [0.25, 0.3) is 0 Å². The fraction of sp³-hybridized carbons (Fsp3) is 0.650. The van der Waals surface area contributed by atoms with Crippen molar-refractivity contribution in [3.8, 4) is 0 Å². The normalized spacial score (nSPS) is 27.9. The zero-order valence-electron chi connectivity index (χ0n) is 14.9. The first kappa shape index (κ1) is 18.0. The summed E-state index contributed by atoms with van der Waals surface area (Å²) in [5, 5.41) is 14.0. The number of rotatable bonds is 5. The number of aryl methyl sites for hydroxylation is 1. The Balaban J connectivity index is 1.97. The van der Waals surface area contributed by atoms with Gasteiger partial charge in [0.25, 0.3) is 5.91 Å². The molecule has 0 aliphatic heterocycles. The minimum Gasteiger partial charge on any atom is -0.380 e. The van der Waals surface area contributed by atoms with Gasteiger partial charge in [-0.15, -0.1) is 0 Å². The molecule has 3 nitrogen and oxygen atoms in total. The van der Waals surface area contributed by atoms with Crippen LogP contribution in [0.5, 0.6) is 0 Å². The first-order valence-electron chi connectivity index (χ1n) is 8.89. The summed E-state index contributed by atoms with van der Waals surface area (Å²) in [6.07, 6.45) is 3.40. The SMILES string of the molecule is Cc1cccc(CCNC(=O)C2(O)CC(C)CCC2C(C)C)c1. The maximum Gasteiger partial charge on any atom is 0.252 e. The van der Waals surface area contributed by atoms with Crippen LogP contribution in [0.3, 0.4) is 0 Å². The second-order valence-corrected chi connectivity index (χ2v) is 7.66. The largest absolute Gasteiger partial charge is 0.380 e. The first-order chi connectivity index (χ1) is 10.8. The van der Waals surface area contributed by atoms with Crippen LogP contribution < -0.4 is 5.32 Å². The van der Waals surface area contributed by atoms with Gasteiger partial charge in [-0.25, -0.2) is 0 Å². The lowest BCUT2D eigenvalue weighted by atomic mass is 9.66. The Labute approximate surface area is 140 Å². The molecule has 1 aliphatic carbocycles. The van der Waals surface area contributed by atoms with Crippen molar-refractivity contribution < 1.29 is 9.90 Å². The molecule has 1 fully saturated rings. The molecule has 1 amide bonds. The molecule has 0 bridgehead atoms. The molecule has 3 atom stereocenters. The van der Waals surface area contributed by atoms with E-state index >= 15 is 0 Å². The van der Waals surface area contributed by atoms with Gasteiger partial charge < -0.3 is 10.4 Å². The minimum atomic E-state index is -1.21. The van der Waals surface area contributed by atoms with Crippen LogP contribution in [0.2, 0.25) is 0 Å². The highest BCUT2D eigenvalue weighted by atomic mass is 16.3. The van der Waals surface area contributed by atoms with Gasteiger partial charge in [0.2, 0.25) is 0 Å². The Kier molecular flexibility index (Phi) is 5.85. The summed E-state index contributed by atoms with van der Waals surface area (Å²) in [7, 11) is 0. The van der Waals surface area contributed by atoms with Crippen molar-refractivity contribution in [2.45, 2.75) is 59.0 Å². The molecule has 1 aromatic rings. The van der Waals surface area contributed by atoms with Crippen LogP contribution >= 0.6 is 0 Å². The lowest BCUT2D eigenvalue weighted by Gasteiger charge is -2.43. The number of benzene rings is 1. The van der Waals surface area contributed by atoms with Gasteiger partial charge in [-0.1, -0.05) is 57.0 Å². The molecule has 0 saturated heterocycles. The minimum absolute atomic E-state index is 0.0534. The van der Waals surface area contributed by atoms with Crippen molar-refractivity contribution in [2.75, 3.05) is 6.54 Å². The van der Waals surface area contributed by atoms with E-state index in [1.807, 2.05) is 6.07 Å². The molecule has 3 unspecified atom stereocenters. The lowest BCUT2D eigenvalue weighted by Crippen LogP contribution is -2.56. The average Bonchev–Trinajstić information content (AvgIpc) is 2.46. The summed E-state index contributed by atoms with van der Waals surface area (Å²) < 4.78 is 0. The van der Waals surface area contributed by atoms with Crippen molar-refractivity contribution in [1.29, 1.82) is 0 Å². The summed E-state index contributed by atoms with van der Waals surface area (Å²) >= 11 is 0. The van der Waals surface area contributed by atoms with Gasteiger partial charge in [-0.05, 0) is 49.5 Å². The predicted molar refractivity (Wildman–Crippen MR) is 94.2 cm³/mol. The van der Waals surface area contributed by atoms with Crippen molar-refractivity contribution in [3.05, 3.63) is 35.4 Å². The monoisotopic (exact) mass is 317 g/mol. The quantitative estimate of drug-likeness (QED) is 0.873. The fourth-order valence-corrected chi connectivity index (χ4v) is 3.97. The van der Waals surface area contributed by atoms with Crippen LogP contribution in [0.1, 0.15) is 51.2 Å². The molecule has 0 aromatic heterocycles. The lowest BCUT2D eigenvalue weighted by molar-refractivity contribution is -0.155. The zero-order valence-corrected chi connectivity index (χ0v) is 14.9. The van der Waals surface area contributed by atoms with Crippen molar-refractivity contribution in [1.82, 2.24) is 5.32 Å². The third kappa shape index (κ3) is 4.35. The molecule has 1 aliphatic rings. The number of hydrogen-bond donors (Lipinski definition) is 2. The van der Waals surface area contributed by atoms with Crippen LogP contribution in [0, 0.1) is 24.7 Å². The summed E-state index contributed by atoms with van der Waals surface area (Å²) in [4.78, 5) is 12.7. The molecule has 1 saturated carbocycles. The molecule has 0 spiro atoms. The Morgan fingerprint density at radius 3 is 2.78 bits per heavy atom. The number of carbonyl (C=O) groups is 1. The highest BCUT2D eigenvalue weighted by Gasteiger charge is 2.48. The van der Waals surface area contributed by atoms with Gasteiger partial charge in [0.05, 0.1) is 0 Å². The molecular formula is C20H31NO2. The Bertz CT molecular complexity index is 540. The van der Waals surface area contributed by atoms with Gasteiger partial charge >= 0.3 is 0 Å². The maximum atomic E-state index is 12.7. The van der Waals surface area contributed by atoms with E-state index in [-0.39, 0.29) is 11.8 Å². The number of carbonyl (C=O) groups excluding carboxylic acids is 1. The number of hydrogen-bond acceptors (Lipinski definition) is 2. The molecule has 2 rings (SSSR count). The molecular weight excluding hydrogens is 286 g/mol. The smallest absolute Gasteiger partial charge is 0.252 e. The summed E-state index contributed by atoms with van der Waals surface area (Å²) in [5.41, 5.74) is 1.24. The van der Waals surface area contributed by atoms with E-state index in [2.05, 4.69) is 51.2 Å². The van der Waals surface area contributed by atoms with Gasteiger partial charge in [0.1, 0.15) is 5.60 Å². The van der Waals surface area contributed by atoms with Crippen LogP contribution in [0.15, 0.2) is 24.3 Å². The zero-order chi connectivity index (χ0) is 17.0. The first-order valence-corrected chi connectivity index (χ1v) is 8.89. The second-order valence-electron chi connectivity index (χ2n) is 7.66. The molecule has 0 heterocycles. The van der Waals surface area contributed by atoms with E-state index in [9.17, 15) is 9.90 Å². The third-order valence-electron chi connectivity index (χ3n) is 5.22. The van der Waals surface area contributed by atoms with Gasteiger partial charge in [0.15, 0.2) is 0 Å². The molecule has 1 aromatic carbocycles. The third-order valence-corrected chi connectivity index (χ3v) is 5.22. The van der Waals surface area contributed by atoms with Crippen LogP contribution in [-0.2, 0) is 11.2 Å². The number of amides is 1. The Morgan fingerprint density at radius 2 is 2.13 bits per heavy atom. The number of nitrogens with one attached hydrogen (secondary N) is 1. The average molecular weight is 317 g/mol. The molecule has 128 valence electrons. The van der Waals surface area contributed by atoms with Crippen LogP contribution in [0.4, 0.5) is 0 Å². The standard InChI is InChI=1S/C20H31NO2/c1-14(2)18-9-8-16(4)13-20(18,23)19(22)21-11-10-17-7-5-6-15(3)12-17/h5-7,12,14,16,18,23H,8-11,13H2,1-4H3,(H,21,22). The van der Waals surface area contributed by atoms with Crippen LogP contribution in [-0.4, -0.2) is 23.2 Å². The van der Waals surface area contributed by atoms with Crippen molar-refractivity contribution in [3.63, 3.8) is 0 Å². The molecule has 2 N–H and O–H groups in total. The van der Waals surface area contributed by atoms with Gasteiger partial charge in [-0.3, -0.25) is 4.79 Å². The van der Waals surface area contributed by atoms with Crippen molar-refractivity contribution in [2.24, 2.45) is 17.8 Å². The van der Waals surface area contributed by atoms with E-state index in [1.54, 1.807) is 0 Å². The second kappa shape index (κ2) is 7.48. The van der Waals surface area contributed by atoms with Crippen molar-refractivity contribution >= 4 is 5.91 Å². The van der Waals surface area contributed by atoms with E-state index in [0.717, 1.165) is 19.3 Å². The number of aliphatic hydroxyl groups is 1. The molecule has 3 heteroatoms. The molecule has 23 heavy (non-hydrogen) atoms. The summed E-state index contributed by atoms with van der Waals surface area (Å²) in [5.74, 6) is 0.584. The topological polar surface area (TPSA) is 49.3 Å². The van der Waals surface area contributed by atoms with Gasteiger partial charge in [0, 0.05) is 6.54 Å². The summed E-state index contributed by atoms with van der Waals surface area (Å²) in [6, 6.07) is 8.33. The van der Waals surface area contributed by atoms with E-state index < -0.39 is 5.60 Å². The highest BCUT2D eigenvalue weighted by molar-refractivity contribution is 5.85. The highest BCUT2D eigenvalue weighted by Crippen LogP contribution is 2.41. The van der Waals surface area contributed by atoms with E-state index in [0.29, 0.717) is 24.8 Å². The van der Waals surface area contributed by atoms with Gasteiger partial charge in [-0.2, -0.15) is 0 Å².